The highest BCUT2D eigenvalue weighted by atomic mass is 35.5. The van der Waals surface area contributed by atoms with E-state index >= 15 is 0 Å². The Labute approximate surface area is 83.5 Å². The molecule has 0 saturated heterocycles. The van der Waals surface area contributed by atoms with Gasteiger partial charge in [0.1, 0.15) is 10.7 Å². The van der Waals surface area contributed by atoms with Gasteiger partial charge in [-0.15, -0.1) is 15.5 Å². The van der Waals surface area contributed by atoms with Crippen LogP contribution in [0.4, 0.5) is 12.7 Å². The summed E-state index contributed by atoms with van der Waals surface area (Å²) in [6, 6.07) is 1.16. The van der Waals surface area contributed by atoms with Crippen molar-refractivity contribution in [3.8, 4) is 0 Å². The van der Waals surface area contributed by atoms with Gasteiger partial charge >= 0.3 is 10.2 Å². The van der Waals surface area contributed by atoms with Crippen molar-refractivity contribution in [3.05, 3.63) is 29.3 Å². The number of hydrogen-bond donors (Lipinski definition) is 0. The SMILES string of the molecule is O=S(=O)(F)c1ccc(F)c(CCl)c1F. The Morgan fingerprint density at radius 3 is 2.29 bits per heavy atom. The van der Waals surface area contributed by atoms with Crippen LogP contribution in [0.25, 0.3) is 0 Å². The normalized spacial score (nSPS) is 11.7. The molecule has 0 spiro atoms. The Morgan fingerprint density at radius 1 is 1.29 bits per heavy atom. The van der Waals surface area contributed by atoms with Gasteiger partial charge in [-0.1, -0.05) is 0 Å². The van der Waals surface area contributed by atoms with Crippen molar-refractivity contribution in [2.24, 2.45) is 0 Å². The molecule has 0 fully saturated rings. The average molecular weight is 245 g/mol. The van der Waals surface area contributed by atoms with Crippen LogP contribution in [0.2, 0.25) is 0 Å². The van der Waals surface area contributed by atoms with Crippen LogP contribution < -0.4 is 0 Å². The first-order valence-electron chi connectivity index (χ1n) is 3.35. The largest absolute Gasteiger partial charge is 0.335 e. The quantitative estimate of drug-likeness (QED) is 0.591. The van der Waals surface area contributed by atoms with Crippen molar-refractivity contribution in [2.45, 2.75) is 10.8 Å². The number of rotatable bonds is 2. The standard InChI is InChI=1S/C7H4ClF3O2S/c8-3-4-5(9)1-2-6(7(4)10)14(11,12)13/h1-2H,3H2. The molecule has 0 heterocycles. The van der Waals surface area contributed by atoms with Gasteiger partial charge in [-0.3, -0.25) is 0 Å². The molecule has 78 valence electrons. The summed E-state index contributed by atoms with van der Waals surface area (Å²) in [7, 11) is -5.18. The van der Waals surface area contributed by atoms with Crippen LogP contribution in [-0.2, 0) is 16.1 Å². The first-order chi connectivity index (χ1) is 6.38. The predicted molar refractivity (Wildman–Crippen MR) is 44.2 cm³/mol. The van der Waals surface area contributed by atoms with Crippen molar-refractivity contribution in [3.63, 3.8) is 0 Å². The molecular formula is C7H4ClF3O2S. The molecule has 0 atom stereocenters. The molecule has 1 aromatic carbocycles. The summed E-state index contributed by atoms with van der Waals surface area (Å²) in [5.74, 6) is -3.06. The van der Waals surface area contributed by atoms with Crippen molar-refractivity contribution < 1.29 is 21.1 Å². The minimum atomic E-state index is -5.18. The monoisotopic (exact) mass is 244 g/mol. The Balaban J connectivity index is 3.52. The second-order valence-electron chi connectivity index (χ2n) is 2.41. The molecule has 0 N–H and O–H groups in total. The summed E-state index contributed by atoms with van der Waals surface area (Å²) in [6.07, 6.45) is 0. The molecule has 14 heavy (non-hydrogen) atoms. The van der Waals surface area contributed by atoms with Gasteiger partial charge in [0.15, 0.2) is 5.82 Å². The highest BCUT2D eigenvalue weighted by Gasteiger charge is 2.22. The molecule has 0 amide bonds. The van der Waals surface area contributed by atoms with E-state index in [4.69, 9.17) is 11.6 Å². The predicted octanol–water partition coefficient (Wildman–Crippen LogP) is 2.36. The van der Waals surface area contributed by atoms with Gasteiger partial charge in [0.25, 0.3) is 0 Å². The maximum absolute atomic E-state index is 13.1. The van der Waals surface area contributed by atoms with Gasteiger partial charge in [-0.05, 0) is 12.1 Å². The van der Waals surface area contributed by atoms with Crippen molar-refractivity contribution in [1.82, 2.24) is 0 Å². The highest BCUT2D eigenvalue weighted by molar-refractivity contribution is 7.86. The van der Waals surface area contributed by atoms with Gasteiger partial charge in [0.2, 0.25) is 0 Å². The zero-order valence-corrected chi connectivity index (χ0v) is 8.17. The van der Waals surface area contributed by atoms with Crippen molar-refractivity contribution in [2.75, 3.05) is 0 Å². The van der Waals surface area contributed by atoms with E-state index in [1.165, 1.54) is 0 Å². The lowest BCUT2D eigenvalue weighted by atomic mass is 10.2. The summed E-state index contributed by atoms with van der Waals surface area (Å²) in [5, 5.41) is 0. The zero-order chi connectivity index (χ0) is 10.9. The maximum atomic E-state index is 13.1. The molecular weight excluding hydrogens is 241 g/mol. The molecule has 1 aromatic rings. The molecule has 0 unspecified atom stereocenters. The second kappa shape index (κ2) is 3.78. The smallest absolute Gasteiger partial charge is 0.207 e. The van der Waals surface area contributed by atoms with Gasteiger partial charge in [0, 0.05) is 5.56 Å². The molecule has 0 aromatic heterocycles. The van der Waals surface area contributed by atoms with Crippen LogP contribution in [0.1, 0.15) is 5.56 Å². The Morgan fingerprint density at radius 2 is 1.86 bits per heavy atom. The molecule has 7 heteroatoms. The Bertz CT molecular complexity index is 458. The first-order valence-corrected chi connectivity index (χ1v) is 5.27. The van der Waals surface area contributed by atoms with Crippen LogP contribution in [-0.4, -0.2) is 8.42 Å². The third kappa shape index (κ3) is 2.01. The fourth-order valence-corrected chi connectivity index (χ4v) is 1.70. The topological polar surface area (TPSA) is 34.1 Å². The summed E-state index contributed by atoms with van der Waals surface area (Å²) in [6.45, 7) is 0. The van der Waals surface area contributed by atoms with Crippen LogP contribution in [0.5, 0.6) is 0 Å². The third-order valence-electron chi connectivity index (χ3n) is 1.55. The molecule has 1 rings (SSSR count). The average Bonchev–Trinajstić information content (AvgIpc) is 2.02. The van der Waals surface area contributed by atoms with E-state index in [1.807, 2.05) is 0 Å². The molecule has 0 saturated carbocycles. The number of alkyl halides is 1. The highest BCUT2D eigenvalue weighted by Crippen LogP contribution is 2.23. The summed E-state index contributed by atoms with van der Waals surface area (Å²) >= 11 is 5.16. The Kier molecular flexibility index (Phi) is 3.06. The van der Waals surface area contributed by atoms with E-state index in [0.29, 0.717) is 12.1 Å². The summed E-state index contributed by atoms with van der Waals surface area (Å²) in [5.41, 5.74) is -0.662. The fourth-order valence-electron chi connectivity index (χ4n) is 0.887. The van der Waals surface area contributed by atoms with Crippen LogP contribution in [0.3, 0.4) is 0 Å². The number of hydrogen-bond acceptors (Lipinski definition) is 2. The maximum Gasteiger partial charge on any atom is 0.335 e. The lowest BCUT2D eigenvalue weighted by Gasteiger charge is -2.03. The molecule has 0 bridgehead atoms. The minimum absolute atomic E-state index is 0.510. The van der Waals surface area contributed by atoms with Gasteiger partial charge in [-0.25, -0.2) is 8.78 Å². The van der Waals surface area contributed by atoms with Crippen molar-refractivity contribution in [1.29, 1.82) is 0 Å². The molecule has 2 nitrogen and oxygen atoms in total. The van der Waals surface area contributed by atoms with E-state index in [2.05, 4.69) is 0 Å². The van der Waals surface area contributed by atoms with Gasteiger partial charge in [-0.2, -0.15) is 8.42 Å². The molecule has 0 aliphatic heterocycles. The zero-order valence-electron chi connectivity index (χ0n) is 6.60. The van der Waals surface area contributed by atoms with E-state index in [1.54, 1.807) is 0 Å². The van der Waals surface area contributed by atoms with Crippen LogP contribution in [0, 0.1) is 11.6 Å². The minimum Gasteiger partial charge on any atom is -0.207 e. The third-order valence-corrected chi connectivity index (χ3v) is 2.65. The molecule has 0 aliphatic carbocycles. The summed E-state index contributed by atoms with van der Waals surface area (Å²) < 4.78 is 59.0. The van der Waals surface area contributed by atoms with E-state index < -0.39 is 38.2 Å². The number of benzene rings is 1. The van der Waals surface area contributed by atoms with Gasteiger partial charge < -0.3 is 0 Å². The van der Waals surface area contributed by atoms with E-state index in [-0.39, 0.29) is 0 Å². The lowest BCUT2D eigenvalue weighted by molar-refractivity contribution is 0.518. The van der Waals surface area contributed by atoms with Crippen LogP contribution >= 0.6 is 11.6 Å². The van der Waals surface area contributed by atoms with Crippen molar-refractivity contribution >= 4 is 21.8 Å². The lowest BCUT2D eigenvalue weighted by Crippen LogP contribution is -2.02. The van der Waals surface area contributed by atoms with E-state index in [9.17, 15) is 21.1 Å². The van der Waals surface area contributed by atoms with Crippen LogP contribution in [0.15, 0.2) is 17.0 Å². The molecule has 0 aliphatic rings. The Hall–Kier alpha value is -0.750. The summed E-state index contributed by atoms with van der Waals surface area (Å²) in [4.78, 5) is -1.20. The first kappa shape index (κ1) is 11.3. The van der Waals surface area contributed by atoms with E-state index in [0.717, 1.165) is 0 Å². The van der Waals surface area contributed by atoms with Gasteiger partial charge in [0.05, 0.1) is 5.88 Å². The fraction of sp³-hybridized carbons (Fsp3) is 0.143. The second-order valence-corrected chi connectivity index (χ2v) is 3.99. The number of halogens is 4. The molecule has 0 radical (unpaired) electrons.